The van der Waals surface area contributed by atoms with Gasteiger partial charge in [0, 0.05) is 6.04 Å². The summed E-state index contributed by atoms with van der Waals surface area (Å²) in [6.45, 7) is 7.24. The highest BCUT2D eigenvalue weighted by atomic mass is 32.2. The lowest BCUT2D eigenvalue weighted by Gasteiger charge is -2.35. The summed E-state index contributed by atoms with van der Waals surface area (Å²) in [6.07, 6.45) is 0.356. The van der Waals surface area contributed by atoms with Gasteiger partial charge in [0.15, 0.2) is 9.84 Å². The average Bonchev–Trinajstić information content (AvgIpc) is 2.30. The van der Waals surface area contributed by atoms with E-state index < -0.39 is 26.8 Å². The number of sulfone groups is 1. The maximum absolute atomic E-state index is 12.5. The minimum atomic E-state index is -3.32. The first-order chi connectivity index (χ1) is 10.1. The fraction of sp³-hybridized carbons (Fsp3) is 0.562. The highest BCUT2D eigenvalue weighted by Crippen LogP contribution is 2.32. The van der Waals surface area contributed by atoms with Crippen molar-refractivity contribution >= 4 is 15.9 Å². The highest BCUT2D eigenvalue weighted by molar-refractivity contribution is 7.92. The molecular weight excluding hydrogens is 302 g/mol. The van der Waals surface area contributed by atoms with Gasteiger partial charge in [0.25, 0.3) is 0 Å². The Morgan fingerprint density at radius 3 is 2.45 bits per heavy atom. The zero-order valence-corrected chi connectivity index (χ0v) is 14.2. The Bertz CT molecular complexity index is 655. The van der Waals surface area contributed by atoms with Crippen LogP contribution in [0.4, 0.5) is 4.79 Å². The van der Waals surface area contributed by atoms with Gasteiger partial charge in [0.1, 0.15) is 5.60 Å². The summed E-state index contributed by atoms with van der Waals surface area (Å²) in [5.41, 5.74) is 0.366. The summed E-state index contributed by atoms with van der Waals surface area (Å²) in [6, 6.07) is 6.78. The molecule has 1 N–H and O–H groups in total. The third-order valence-corrected chi connectivity index (χ3v) is 5.75. The Hall–Kier alpha value is -1.56. The lowest BCUT2D eigenvalue weighted by molar-refractivity contribution is 0.0481. The normalized spacial score (nSPS) is 21.8. The molecule has 2 rings (SSSR count). The fourth-order valence-corrected chi connectivity index (χ4v) is 4.37. The largest absolute Gasteiger partial charge is 0.444 e. The second kappa shape index (κ2) is 5.91. The van der Waals surface area contributed by atoms with Crippen LogP contribution in [0.15, 0.2) is 29.2 Å². The Morgan fingerprint density at radius 2 is 1.91 bits per heavy atom. The number of alkyl carbamates (subject to hydrolysis) is 1. The zero-order valence-electron chi connectivity index (χ0n) is 13.4. The zero-order chi connectivity index (χ0) is 16.5. The molecule has 5 nitrogen and oxygen atoms in total. The quantitative estimate of drug-likeness (QED) is 0.927. The molecule has 1 saturated carbocycles. The van der Waals surface area contributed by atoms with Crippen molar-refractivity contribution in [3.8, 4) is 0 Å². The third kappa shape index (κ3) is 4.00. The lowest BCUT2D eigenvalue weighted by Crippen LogP contribution is -2.50. The van der Waals surface area contributed by atoms with Gasteiger partial charge in [-0.05, 0) is 58.2 Å². The van der Waals surface area contributed by atoms with Gasteiger partial charge in [0.2, 0.25) is 0 Å². The van der Waals surface area contributed by atoms with Crippen LogP contribution in [0.1, 0.15) is 39.2 Å². The van der Waals surface area contributed by atoms with E-state index >= 15 is 0 Å². The minimum absolute atomic E-state index is 0.139. The Balaban J connectivity index is 1.92. The number of rotatable bonds is 3. The minimum Gasteiger partial charge on any atom is -0.444 e. The van der Waals surface area contributed by atoms with Crippen molar-refractivity contribution < 1.29 is 17.9 Å². The van der Waals surface area contributed by atoms with Crippen LogP contribution < -0.4 is 5.32 Å². The maximum atomic E-state index is 12.5. The molecule has 0 aromatic heterocycles. The molecule has 0 heterocycles. The number of nitrogens with one attached hydrogen (secondary N) is 1. The Morgan fingerprint density at radius 1 is 1.27 bits per heavy atom. The molecule has 1 aromatic rings. The van der Waals surface area contributed by atoms with E-state index in [1.807, 2.05) is 13.0 Å². The molecule has 22 heavy (non-hydrogen) atoms. The molecule has 0 atom stereocenters. The maximum Gasteiger partial charge on any atom is 0.407 e. The van der Waals surface area contributed by atoms with Crippen molar-refractivity contribution in [1.29, 1.82) is 0 Å². The number of aryl methyl sites for hydroxylation is 1. The number of ether oxygens (including phenoxy) is 1. The van der Waals surface area contributed by atoms with Gasteiger partial charge in [-0.15, -0.1) is 0 Å². The van der Waals surface area contributed by atoms with E-state index in [4.69, 9.17) is 4.74 Å². The van der Waals surface area contributed by atoms with Crippen molar-refractivity contribution in [3.63, 3.8) is 0 Å². The number of carbonyl (C=O) groups is 1. The van der Waals surface area contributed by atoms with Crippen LogP contribution in [0.3, 0.4) is 0 Å². The Kier molecular flexibility index (Phi) is 4.52. The van der Waals surface area contributed by atoms with Gasteiger partial charge >= 0.3 is 6.09 Å². The second-order valence-electron chi connectivity index (χ2n) is 6.80. The average molecular weight is 325 g/mol. The van der Waals surface area contributed by atoms with E-state index in [0.29, 0.717) is 17.7 Å². The van der Waals surface area contributed by atoms with E-state index in [-0.39, 0.29) is 6.04 Å². The predicted octanol–water partition coefficient (Wildman–Crippen LogP) is 2.82. The molecule has 1 aliphatic rings. The van der Waals surface area contributed by atoms with Crippen LogP contribution in [0.2, 0.25) is 0 Å². The Labute approximate surface area is 132 Å². The molecule has 0 spiro atoms. The molecule has 1 aromatic carbocycles. The summed E-state index contributed by atoms with van der Waals surface area (Å²) in [7, 11) is -3.32. The molecule has 0 saturated heterocycles. The van der Waals surface area contributed by atoms with Gasteiger partial charge in [-0.1, -0.05) is 12.1 Å². The van der Waals surface area contributed by atoms with Crippen molar-refractivity contribution in [2.45, 2.75) is 62.3 Å². The van der Waals surface area contributed by atoms with E-state index in [2.05, 4.69) is 5.32 Å². The molecule has 0 unspecified atom stereocenters. The van der Waals surface area contributed by atoms with Crippen LogP contribution >= 0.6 is 0 Å². The van der Waals surface area contributed by atoms with E-state index in [1.54, 1.807) is 39.0 Å². The van der Waals surface area contributed by atoms with Crippen LogP contribution in [0, 0.1) is 6.92 Å². The van der Waals surface area contributed by atoms with Crippen LogP contribution in [-0.4, -0.2) is 31.4 Å². The molecule has 0 bridgehead atoms. The molecule has 0 radical (unpaired) electrons. The van der Waals surface area contributed by atoms with E-state index in [9.17, 15) is 13.2 Å². The summed E-state index contributed by atoms with van der Waals surface area (Å²) in [4.78, 5) is 12.0. The summed E-state index contributed by atoms with van der Waals surface area (Å²) in [5.74, 6) is 0. The van der Waals surface area contributed by atoms with Gasteiger partial charge in [-0.2, -0.15) is 0 Å². The van der Waals surface area contributed by atoms with E-state index in [0.717, 1.165) is 5.56 Å². The van der Waals surface area contributed by atoms with Gasteiger partial charge in [0.05, 0.1) is 10.1 Å². The fourth-order valence-electron chi connectivity index (χ4n) is 2.40. The van der Waals surface area contributed by atoms with E-state index in [1.165, 1.54) is 0 Å². The number of benzene rings is 1. The lowest BCUT2D eigenvalue weighted by atomic mass is 9.92. The summed E-state index contributed by atoms with van der Waals surface area (Å²) >= 11 is 0. The second-order valence-corrected chi connectivity index (χ2v) is 9.03. The van der Waals surface area contributed by atoms with Crippen LogP contribution in [0.25, 0.3) is 0 Å². The topological polar surface area (TPSA) is 72.5 Å². The number of hydrogen-bond acceptors (Lipinski definition) is 4. The SMILES string of the molecule is Cc1cccc(S(=O)(=O)C2CC(NC(=O)OC(C)(C)C)C2)c1. The van der Waals surface area contributed by atoms with Crippen LogP contribution in [0.5, 0.6) is 0 Å². The van der Waals surface area contributed by atoms with Gasteiger partial charge in [-0.25, -0.2) is 13.2 Å². The number of hydrogen-bond donors (Lipinski definition) is 1. The first kappa shape index (κ1) is 16.8. The van der Waals surface area contributed by atoms with Crippen molar-refractivity contribution in [2.75, 3.05) is 0 Å². The highest BCUT2D eigenvalue weighted by Gasteiger charge is 2.40. The smallest absolute Gasteiger partial charge is 0.407 e. The molecule has 6 heteroatoms. The molecule has 0 aliphatic heterocycles. The molecule has 1 aliphatic carbocycles. The third-order valence-electron chi connectivity index (χ3n) is 3.57. The van der Waals surface area contributed by atoms with Gasteiger partial charge in [-0.3, -0.25) is 0 Å². The van der Waals surface area contributed by atoms with Crippen molar-refractivity contribution in [3.05, 3.63) is 29.8 Å². The van der Waals surface area contributed by atoms with Gasteiger partial charge < -0.3 is 10.1 Å². The monoisotopic (exact) mass is 325 g/mol. The van der Waals surface area contributed by atoms with Crippen molar-refractivity contribution in [1.82, 2.24) is 5.32 Å². The van der Waals surface area contributed by atoms with Crippen LogP contribution in [-0.2, 0) is 14.6 Å². The number of amides is 1. The predicted molar refractivity (Wildman–Crippen MR) is 84.5 cm³/mol. The standard InChI is InChI=1S/C16H23NO4S/c1-11-6-5-7-13(8-11)22(19,20)14-9-12(10-14)17-15(18)21-16(2,3)4/h5-8,12,14H,9-10H2,1-4H3,(H,17,18). The number of carbonyl (C=O) groups excluding carboxylic acids is 1. The summed E-state index contributed by atoms with van der Waals surface area (Å²) < 4.78 is 30.1. The molecule has 122 valence electrons. The first-order valence-corrected chi connectivity index (χ1v) is 8.92. The van der Waals surface area contributed by atoms with Crippen molar-refractivity contribution in [2.24, 2.45) is 0 Å². The summed E-state index contributed by atoms with van der Waals surface area (Å²) in [5, 5.41) is 2.28. The molecule has 1 fully saturated rings. The first-order valence-electron chi connectivity index (χ1n) is 7.38. The molecular formula is C16H23NO4S. The molecule has 1 amide bonds.